The predicted molar refractivity (Wildman–Crippen MR) is 128 cm³/mol. The van der Waals surface area contributed by atoms with Crippen molar-refractivity contribution in [3.63, 3.8) is 0 Å². The fourth-order valence-corrected chi connectivity index (χ4v) is 5.72. The molecule has 0 atom stereocenters. The maximum absolute atomic E-state index is 13.6. The van der Waals surface area contributed by atoms with Crippen LogP contribution >= 0.6 is 0 Å². The summed E-state index contributed by atoms with van der Waals surface area (Å²) in [6, 6.07) is 12.4. The van der Waals surface area contributed by atoms with E-state index in [0.717, 1.165) is 5.56 Å². The lowest BCUT2D eigenvalue weighted by molar-refractivity contribution is 0.0730. The number of benzene rings is 2. The largest absolute Gasteiger partial charge is 0.494 e. The normalized spacial score (nSPS) is 17.4. The minimum atomic E-state index is -3.81. The van der Waals surface area contributed by atoms with Gasteiger partial charge in [0.25, 0.3) is 5.91 Å². The van der Waals surface area contributed by atoms with Gasteiger partial charge in [-0.3, -0.25) is 4.79 Å². The molecule has 34 heavy (non-hydrogen) atoms. The molecule has 0 spiro atoms. The fourth-order valence-electron chi connectivity index (χ4n) is 4.08. The topological polar surface area (TPSA) is 97.4 Å². The average Bonchev–Trinajstić information content (AvgIpc) is 2.89. The number of hydrogen-bond donors (Lipinski definition) is 1. The van der Waals surface area contributed by atoms with Crippen LogP contribution in [0.5, 0.6) is 5.75 Å². The Morgan fingerprint density at radius 1 is 1.00 bits per heavy atom. The number of rotatable bonds is 8. The van der Waals surface area contributed by atoms with E-state index in [9.17, 15) is 13.2 Å². The van der Waals surface area contributed by atoms with Gasteiger partial charge >= 0.3 is 0 Å². The minimum absolute atomic E-state index is 0.138. The molecular formula is C24H31N3O6S. The number of sulfonamides is 1. The van der Waals surface area contributed by atoms with Crippen LogP contribution in [-0.2, 0) is 26.0 Å². The number of ether oxygens (including phenoxy) is 3. The summed E-state index contributed by atoms with van der Waals surface area (Å²) in [5.74, 6) is 0.363. The van der Waals surface area contributed by atoms with E-state index in [-0.39, 0.29) is 36.0 Å². The Morgan fingerprint density at radius 2 is 1.68 bits per heavy atom. The summed E-state index contributed by atoms with van der Waals surface area (Å²) in [6.45, 7) is 6.21. The molecular weight excluding hydrogens is 458 g/mol. The number of carbonyl (C=O) groups is 1. The third-order valence-electron chi connectivity index (χ3n) is 5.87. The molecule has 0 aromatic heterocycles. The van der Waals surface area contributed by atoms with Gasteiger partial charge in [-0.15, -0.1) is 0 Å². The van der Waals surface area contributed by atoms with E-state index in [0.29, 0.717) is 57.6 Å². The Kier molecular flexibility index (Phi) is 8.04. The van der Waals surface area contributed by atoms with E-state index in [2.05, 4.69) is 5.32 Å². The van der Waals surface area contributed by atoms with Crippen molar-refractivity contribution in [2.75, 3.05) is 64.1 Å². The average molecular weight is 490 g/mol. The standard InChI is InChI=1S/C24H31N3O6S/c1-2-33-22-6-4-3-5-20(22)18-25-24(28)19-7-8-21(26-9-13-31-14-10-26)23(17-19)34(29,30)27-11-15-32-16-12-27/h3-8,17H,2,9-16,18H2,1H3,(H,25,28). The molecule has 2 saturated heterocycles. The summed E-state index contributed by atoms with van der Waals surface area (Å²) in [4.78, 5) is 15.2. The van der Waals surface area contributed by atoms with Gasteiger partial charge in [0.2, 0.25) is 10.0 Å². The van der Waals surface area contributed by atoms with Crippen molar-refractivity contribution in [2.45, 2.75) is 18.4 Å². The Morgan fingerprint density at radius 3 is 2.38 bits per heavy atom. The first-order valence-corrected chi connectivity index (χ1v) is 13.0. The Balaban J connectivity index is 1.61. The highest BCUT2D eigenvalue weighted by atomic mass is 32.2. The molecule has 0 bridgehead atoms. The van der Waals surface area contributed by atoms with Crippen molar-refractivity contribution in [2.24, 2.45) is 0 Å². The molecule has 4 rings (SSSR count). The lowest BCUT2D eigenvalue weighted by Gasteiger charge is -2.32. The maximum atomic E-state index is 13.6. The van der Waals surface area contributed by atoms with E-state index in [1.165, 1.54) is 10.4 Å². The van der Waals surface area contributed by atoms with Crippen molar-refractivity contribution in [3.05, 3.63) is 53.6 Å². The molecule has 2 aromatic carbocycles. The zero-order valence-corrected chi connectivity index (χ0v) is 20.2. The molecule has 2 heterocycles. The molecule has 2 aromatic rings. The van der Waals surface area contributed by atoms with E-state index in [1.54, 1.807) is 12.1 Å². The SMILES string of the molecule is CCOc1ccccc1CNC(=O)c1ccc(N2CCOCC2)c(S(=O)(=O)N2CCOCC2)c1. The van der Waals surface area contributed by atoms with Gasteiger partial charge in [-0.25, -0.2) is 8.42 Å². The number of para-hydroxylation sites is 1. The quantitative estimate of drug-likeness (QED) is 0.605. The number of morpholine rings is 2. The lowest BCUT2D eigenvalue weighted by atomic mass is 10.1. The molecule has 1 amide bonds. The van der Waals surface area contributed by atoms with Gasteiger partial charge in [-0.05, 0) is 31.2 Å². The van der Waals surface area contributed by atoms with E-state index < -0.39 is 10.0 Å². The summed E-state index contributed by atoms with van der Waals surface area (Å²) in [5.41, 5.74) is 1.73. The summed E-state index contributed by atoms with van der Waals surface area (Å²) < 4.78 is 45.0. The highest BCUT2D eigenvalue weighted by molar-refractivity contribution is 7.89. The second-order valence-electron chi connectivity index (χ2n) is 8.02. The molecule has 0 aliphatic carbocycles. The Hall–Kier alpha value is -2.66. The second kappa shape index (κ2) is 11.2. The van der Waals surface area contributed by atoms with Crippen LogP contribution < -0.4 is 15.0 Å². The molecule has 2 aliphatic heterocycles. The molecule has 0 saturated carbocycles. The van der Waals surface area contributed by atoms with Gasteiger partial charge < -0.3 is 24.4 Å². The van der Waals surface area contributed by atoms with Crippen molar-refractivity contribution < 1.29 is 27.4 Å². The molecule has 2 fully saturated rings. The van der Waals surface area contributed by atoms with E-state index in [1.807, 2.05) is 36.1 Å². The molecule has 0 unspecified atom stereocenters. The first-order chi connectivity index (χ1) is 16.5. The first-order valence-electron chi connectivity index (χ1n) is 11.5. The van der Waals surface area contributed by atoms with Crippen molar-refractivity contribution in [1.82, 2.24) is 9.62 Å². The predicted octanol–water partition coefficient (Wildman–Crippen LogP) is 1.87. The minimum Gasteiger partial charge on any atom is -0.494 e. The third-order valence-corrected chi connectivity index (χ3v) is 7.80. The highest BCUT2D eigenvalue weighted by Gasteiger charge is 2.31. The van der Waals surface area contributed by atoms with Crippen molar-refractivity contribution in [1.29, 1.82) is 0 Å². The molecule has 10 heteroatoms. The molecule has 9 nitrogen and oxygen atoms in total. The van der Waals surface area contributed by atoms with Crippen LogP contribution in [0.1, 0.15) is 22.8 Å². The Bertz CT molecular complexity index is 1100. The van der Waals surface area contributed by atoms with Crippen LogP contribution in [0.4, 0.5) is 5.69 Å². The number of nitrogens with zero attached hydrogens (tertiary/aromatic N) is 2. The monoisotopic (exact) mass is 489 g/mol. The van der Waals surface area contributed by atoms with Gasteiger partial charge in [0.15, 0.2) is 0 Å². The molecule has 184 valence electrons. The molecule has 0 radical (unpaired) electrons. The van der Waals surface area contributed by atoms with Crippen LogP contribution in [0.3, 0.4) is 0 Å². The summed E-state index contributed by atoms with van der Waals surface area (Å²) in [7, 11) is -3.81. The zero-order chi connectivity index (χ0) is 24.0. The fraction of sp³-hybridized carbons (Fsp3) is 0.458. The van der Waals surface area contributed by atoms with Gasteiger partial charge in [0, 0.05) is 43.9 Å². The number of amides is 1. The van der Waals surface area contributed by atoms with Gasteiger partial charge in [-0.1, -0.05) is 18.2 Å². The van der Waals surface area contributed by atoms with Gasteiger partial charge in [0.05, 0.1) is 38.7 Å². The van der Waals surface area contributed by atoms with Crippen molar-refractivity contribution >= 4 is 21.6 Å². The number of nitrogens with one attached hydrogen (secondary N) is 1. The number of carbonyl (C=O) groups excluding carboxylic acids is 1. The number of anilines is 1. The van der Waals surface area contributed by atoms with Gasteiger partial charge in [0.1, 0.15) is 10.6 Å². The van der Waals surface area contributed by atoms with Crippen LogP contribution in [0.25, 0.3) is 0 Å². The first kappa shape index (κ1) is 24.5. The van der Waals surface area contributed by atoms with E-state index >= 15 is 0 Å². The highest BCUT2D eigenvalue weighted by Crippen LogP contribution is 2.30. The van der Waals surface area contributed by atoms with Crippen LogP contribution in [0.2, 0.25) is 0 Å². The Labute approximate surface area is 200 Å². The molecule has 2 aliphatic rings. The lowest BCUT2D eigenvalue weighted by Crippen LogP contribution is -2.42. The summed E-state index contributed by atoms with van der Waals surface area (Å²) >= 11 is 0. The zero-order valence-electron chi connectivity index (χ0n) is 19.4. The summed E-state index contributed by atoms with van der Waals surface area (Å²) in [6.07, 6.45) is 0. The second-order valence-corrected chi connectivity index (χ2v) is 9.93. The van der Waals surface area contributed by atoms with Crippen LogP contribution in [-0.4, -0.2) is 77.8 Å². The maximum Gasteiger partial charge on any atom is 0.251 e. The van der Waals surface area contributed by atoms with E-state index in [4.69, 9.17) is 14.2 Å². The number of hydrogen-bond acceptors (Lipinski definition) is 7. The van der Waals surface area contributed by atoms with Gasteiger partial charge in [-0.2, -0.15) is 4.31 Å². The molecule has 1 N–H and O–H groups in total. The van der Waals surface area contributed by atoms with Crippen molar-refractivity contribution in [3.8, 4) is 5.75 Å². The smallest absolute Gasteiger partial charge is 0.251 e. The van der Waals surface area contributed by atoms with Crippen LogP contribution in [0.15, 0.2) is 47.4 Å². The summed E-state index contributed by atoms with van der Waals surface area (Å²) in [5, 5.41) is 2.89. The van der Waals surface area contributed by atoms with Crippen LogP contribution in [0, 0.1) is 0 Å². The third kappa shape index (κ3) is 5.52.